The molecule has 2 aliphatic heterocycles. The SMILES string of the molecule is C/C(=C\I)[C@@H]1C[C@@H]2N[C@]2(C)CCC[C@H](C)[C@H](C)[C@@H](C)C(=O)C(C)(C)[C@@H](O)CC(=O)N1. The lowest BCUT2D eigenvalue weighted by molar-refractivity contribution is -0.141. The van der Waals surface area contributed by atoms with Crippen molar-refractivity contribution < 1.29 is 14.7 Å². The van der Waals surface area contributed by atoms with Gasteiger partial charge in [-0.05, 0) is 48.2 Å². The number of rotatable bonds is 1. The van der Waals surface area contributed by atoms with Crippen LogP contribution in [0.4, 0.5) is 0 Å². The molecule has 0 bridgehead atoms. The maximum Gasteiger partial charge on any atom is 0.223 e. The molecule has 6 heteroatoms. The summed E-state index contributed by atoms with van der Waals surface area (Å²) in [6, 6.07) is 0.321. The first-order valence-electron chi connectivity index (χ1n) is 11.4. The molecule has 0 saturated carbocycles. The molecule has 5 nitrogen and oxygen atoms in total. The number of hydrogen-bond acceptors (Lipinski definition) is 4. The van der Waals surface area contributed by atoms with Gasteiger partial charge in [0.25, 0.3) is 0 Å². The van der Waals surface area contributed by atoms with Crippen molar-refractivity contribution in [1.82, 2.24) is 10.6 Å². The standard InChI is InChI=1S/C24H41IN2O3/c1-14-9-8-10-24(7)19(27-24)11-18(15(2)13-25)26-21(29)12-20(28)23(5,6)22(30)17(4)16(14)3/h13-14,16-20,27-28H,8-12H2,1-7H3,(H,26,29)/b15-13+/t14-,16-,17+,18-,19-,20-,24+/m0/s1. The number of carbonyl (C=O) groups excluding carboxylic acids is 2. The van der Waals surface area contributed by atoms with Gasteiger partial charge in [0.05, 0.1) is 24.0 Å². The maximum atomic E-state index is 13.2. The summed E-state index contributed by atoms with van der Waals surface area (Å²) < 4.78 is 2.01. The first-order chi connectivity index (χ1) is 13.8. The quantitative estimate of drug-likeness (QED) is 0.346. The van der Waals surface area contributed by atoms with Crippen molar-refractivity contribution in [2.24, 2.45) is 23.2 Å². The minimum Gasteiger partial charge on any atom is -0.392 e. The molecule has 0 aliphatic carbocycles. The highest BCUT2D eigenvalue weighted by Gasteiger charge is 2.49. The zero-order valence-electron chi connectivity index (χ0n) is 19.7. The topological polar surface area (TPSA) is 88.3 Å². The molecule has 172 valence electrons. The van der Waals surface area contributed by atoms with E-state index in [4.69, 9.17) is 0 Å². The Hall–Kier alpha value is -0.470. The van der Waals surface area contributed by atoms with Gasteiger partial charge in [-0.3, -0.25) is 9.59 Å². The van der Waals surface area contributed by atoms with E-state index in [-0.39, 0.29) is 41.5 Å². The van der Waals surface area contributed by atoms with E-state index in [0.29, 0.717) is 12.0 Å². The van der Waals surface area contributed by atoms with Gasteiger partial charge in [0, 0.05) is 17.5 Å². The van der Waals surface area contributed by atoms with Gasteiger partial charge in [0.1, 0.15) is 5.78 Å². The zero-order chi connectivity index (χ0) is 22.9. The molecule has 2 aliphatic rings. The lowest BCUT2D eigenvalue weighted by Gasteiger charge is -2.35. The molecule has 0 aromatic carbocycles. The minimum atomic E-state index is -1.00. The second kappa shape index (κ2) is 9.99. The van der Waals surface area contributed by atoms with Crippen LogP contribution in [-0.2, 0) is 9.59 Å². The van der Waals surface area contributed by atoms with Gasteiger partial charge in [-0.25, -0.2) is 0 Å². The summed E-state index contributed by atoms with van der Waals surface area (Å²) in [4.78, 5) is 26.0. The Bertz CT molecular complexity index is 677. The number of Topliss-reactive ketones (excluding diaryl/α,β-unsaturated/α-hetero) is 1. The van der Waals surface area contributed by atoms with Gasteiger partial charge < -0.3 is 15.7 Å². The molecule has 3 N–H and O–H groups in total. The van der Waals surface area contributed by atoms with Crippen molar-refractivity contribution in [1.29, 1.82) is 0 Å². The number of hydrogen-bond donors (Lipinski definition) is 3. The molecule has 0 unspecified atom stereocenters. The third kappa shape index (κ3) is 5.85. The maximum absolute atomic E-state index is 13.2. The monoisotopic (exact) mass is 532 g/mol. The molecule has 1 amide bonds. The number of nitrogens with one attached hydrogen (secondary N) is 2. The Morgan fingerprint density at radius 1 is 1.20 bits per heavy atom. The summed E-state index contributed by atoms with van der Waals surface area (Å²) in [7, 11) is 0. The highest BCUT2D eigenvalue weighted by molar-refractivity contribution is 14.1. The molecule has 30 heavy (non-hydrogen) atoms. The van der Waals surface area contributed by atoms with Crippen LogP contribution in [0.3, 0.4) is 0 Å². The van der Waals surface area contributed by atoms with Crippen LogP contribution < -0.4 is 10.6 Å². The van der Waals surface area contributed by atoms with Gasteiger partial charge in [-0.1, -0.05) is 70.1 Å². The van der Waals surface area contributed by atoms with E-state index in [1.54, 1.807) is 13.8 Å². The first kappa shape index (κ1) is 25.8. The van der Waals surface area contributed by atoms with E-state index in [2.05, 4.69) is 54.0 Å². The van der Waals surface area contributed by atoms with Gasteiger partial charge >= 0.3 is 0 Å². The lowest BCUT2D eigenvalue weighted by atomic mass is 9.70. The number of aliphatic hydroxyl groups is 1. The average molecular weight is 533 g/mol. The average Bonchev–Trinajstić information content (AvgIpc) is 3.32. The van der Waals surface area contributed by atoms with Crippen LogP contribution in [0.2, 0.25) is 0 Å². The number of carbonyl (C=O) groups is 2. The van der Waals surface area contributed by atoms with Crippen LogP contribution in [0.5, 0.6) is 0 Å². The van der Waals surface area contributed by atoms with Crippen LogP contribution in [0.25, 0.3) is 0 Å². The van der Waals surface area contributed by atoms with E-state index in [1.165, 1.54) is 0 Å². The minimum absolute atomic E-state index is 0.0463. The van der Waals surface area contributed by atoms with Crippen molar-refractivity contribution in [3.05, 3.63) is 9.66 Å². The Kier molecular flexibility index (Phi) is 8.58. The van der Waals surface area contributed by atoms with Crippen molar-refractivity contribution in [2.45, 2.75) is 104 Å². The number of ketones is 1. The second-order valence-corrected chi connectivity index (χ2v) is 11.3. The number of halogens is 1. The molecule has 7 atom stereocenters. The van der Waals surface area contributed by atoms with Crippen molar-refractivity contribution in [3.63, 3.8) is 0 Å². The Morgan fingerprint density at radius 2 is 1.83 bits per heavy atom. The molecule has 0 radical (unpaired) electrons. The smallest absolute Gasteiger partial charge is 0.223 e. The van der Waals surface area contributed by atoms with E-state index < -0.39 is 11.5 Å². The van der Waals surface area contributed by atoms with E-state index in [1.807, 2.05) is 17.9 Å². The van der Waals surface area contributed by atoms with Gasteiger partial charge in [-0.15, -0.1) is 0 Å². The predicted molar refractivity (Wildman–Crippen MR) is 130 cm³/mol. The first-order valence-corrected chi connectivity index (χ1v) is 12.6. The molecule has 0 aromatic rings. The second-order valence-electron chi connectivity index (χ2n) is 10.6. The third-order valence-corrected chi connectivity index (χ3v) is 9.00. The fourth-order valence-electron chi connectivity index (χ4n) is 4.81. The van der Waals surface area contributed by atoms with Gasteiger partial charge in [0.2, 0.25) is 5.91 Å². The normalized spacial score (nSPS) is 41.7. The molecule has 0 spiro atoms. The highest BCUT2D eigenvalue weighted by Crippen LogP contribution is 2.38. The largest absolute Gasteiger partial charge is 0.392 e. The lowest BCUT2D eigenvalue weighted by Crippen LogP contribution is -2.46. The van der Waals surface area contributed by atoms with Crippen LogP contribution >= 0.6 is 22.6 Å². The van der Waals surface area contributed by atoms with Crippen molar-refractivity contribution >= 4 is 34.3 Å². The molecule has 2 rings (SSSR count). The molecule has 2 fully saturated rings. The van der Waals surface area contributed by atoms with Crippen molar-refractivity contribution in [3.8, 4) is 0 Å². The summed E-state index contributed by atoms with van der Waals surface area (Å²) in [5.74, 6) is 0.368. The molecule has 2 saturated heterocycles. The van der Waals surface area contributed by atoms with Crippen LogP contribution in [0.1, 0.15) is 80.6 Å². The zero-order valence-corrected chi connectivity index (χ0v) is 21.9. The number of aliphatic hydroxyl groups excluding tert-OH is 1. The summed E-state index contributed by atoms with van der Waals surface area (Å²) in [5.41, 5.74) is 0.279. The van der Waals surface area contributed by atoms with E-state index >= 15 is 0 Å². The Morgan fingerprint density at radius 3 is 2.43 bits per heavy atom. The van der Waals surface area contributed by atoms with Crippen LogP contribution in [-0.4, -0.2) is 40.5 Å². The summed E-state index contributed by atoms with van der Waals surface area (Å²) in [5, 5.41) is 17.6. The summed E-state index contributed by atoms with van der Waals surface area (Å²) in [6.45, 7) is 14.2. The Balaban J connectivity index is 2.26. The van der Waals surface area contributed by atoms with Gasteiger partial charge in [-0.2, -0.15) is 0 Å². The summed E-state index contributed by atoms with van der Waals surface area (Å²) >= 11 is 2.21. The molecule has 2 heterocycles. The van der Waals surface area contributed by atoms with Gasteiger partial charge in [0.15, 0.2) is 0 Å². The predicted octanol–water partition coefficient (Wildman–Crippen LogP) is 4.37. The molecular formula is C24H41IN2O3. The highest BCUT2D eigenvalue weighted by atomic mass is 127. The van der Waals surface area contributed by atoms with E-state index in [0.717, 1.165) is 31.3 Å². The van der Waals surface area contributed by atoms with E-state index in [9.17, 15) is 14.7 Å². The fourth-order valence-corrected chi connectivity index (χ4v) is 5.25. The van der Waals surface area contributed by atoms with Crippen molar-refractivity contribution in [2.75, 3.05) is 0 Å². The summed E-state index contributed by atoms with van der Waals surface area (Å²) in [6.07, 6.45) is 3.10. The fraction of sp³-hybridized carbons (Fsp3) is 0.833. The Labute approximate surface area is 196 Å². The molecular weight excluding hydrogens is 491 g/mol. The van der Waals surface area contributed by atoms with Crippen LogP contribution in [0, 0.1) is 23.2 Å². The number of fused-ring (bicyclic) bond motifs is 1. The number of amides is 1. The third-order valence-electron chi connectivity index (χ3n) is 8.02. The molecule has 0 aromatic heterocycles. The van der Waals surface area contributed by atoms with Crippen LogP contribution in [0.15, 0.2) is 9.66 Å².